The van der Waals surface area contributed by atoms with Crippen molar-refractivity contribution in [2.24, 2.45) is 0 Å². The predicted octanol–water partition coefficient (Wildman–Crippen LogP) is 3.64. The fourth-order valence-electron chi connectivity index (χ4n) is 2.44. The van der Waals surface area contributed by atoms with E-state index in [1.807, 2.05) is 48.5 Å². The number of hydrogen-bond acceptors (Lipinski definition) is 6. The largest absolute Gasteiger partial charge is 0.497 e. The van der Waals surface area contributed by atoms with Gasteiger partial charge in [0.25, 0.3) is 0 Å². The Morgan fingerprint density at radius 1 is 1.18 bits per heavy atom. The molecular weight excluding hydrogens is 426 g/mol. The number of ether oxygens (including phenoxy) is 2. The number of nitrogens with one attached hydrogen (secondary N) is 1. The van der Waals surface area contributed by atoms with Gasteiger partial charge in [-0.05, 0) is 42.5 Å². The Labute approximate surface area is 171 Å². The van der Waals surface area contributed by atoms with Gasteiger partial charge in [-0.2, -0.15) is 4.98 Å². The number of aryl methyl sites for hydroxylation is 1. The van der Waals surface area contributed by atoms with Gasteiger partial charge >= 0.3 is 0 Å². The summed E-state index contributed by atoms with van der Waals surface area (Å²) in [5, 5.41) is 6.76. The third kappa shape index (κ3) is 5.82. The minimum absolute atomic E-state index is 0.0953. The fraction of sp³-hybridized carbons (Fsp3) is 0.250. The number of carbonyl (C=O) groups is 1. The number of methoxy groups -OCH3 is 1. The van der Waals surface area contributed by atoms with E-state index in [1.54, 1.807) is 7.11 Å². The van der Waals surface area contributed by atoms with Gasteiger partial charge in [0.1, 0.15) is 18.1 Å². The average Bonchev–Trinajstić information content (AvgIpc) is 3.19. The molecule has 0 saturated heterocycles. The van der Waals surface area contributed by atoms with E-state index in [2.05, 4.69) is 31.4 Å². The molecule has 0 aliphatic heterocycles. The van der Waals surface area contributed by atoms with Crippen LogP contribution in [-0.2, 0) is 11.2 Å². The van der Waals surface area contributed by atoms with Gasteiger partial charge in [0.05, 0.1) is 13.7 Å². The van der Waals surface area contributed by atoms with Crippen molar-refractivity contribution in [3.63, 3.8) is 0 Å². The number of carbonyl (C=O) groups excluding carboxylic acids is 1. The summed E-state index contributed by atoms with van der Waals surface area (Å²) in [6, 6.07) is 14.9. The monoisotopic (exact) mass is 445 g/mol. The van der Waals surface area contributed by atoms with Gasteiger partial charge in [0.15, 0.2) is 0 Å². The van der Waals surface area contributed by atoms with Gasteiger partial charge in [0.2, 0.25) is 17.6 Å². The van der Waals surface area contributed by atoms with Crippen molar-refractivity contribution in [2.75, 3.05) is 20.3 Å². The number of aromatic nitrogens is 2. The molecule has 0 spiro atoms. The van der Waals surface area contributed by atoms with Crippen molar-refractivity contribution in [3.8, 4) is 22.9 Å². The summed E-state index contributed by atoms with van der Waals surface area (Å²) < 4.78 is 16.9. The summed E-state index contributed by atoms with van der Waals surface area (Å²) in [5.41, 5.74) is 0.824. The molecule has 1 heterocycles. The van der Waals surface area contributed by atoms with Crippen LogP contribution < -0.4 is 14.8 Å². The number of hydrogen-bond donors (Lipinski definition) is 1. The van der Waals surface area contributed by atoms with E-state index in [9.17, 15) is 4.79 Å². The summed E-state index contributed by atoms with van der Waals surface area (Å²) in [4.78, 5) is 16.3. The molecule has 0 unspecified atom stereocenters. The molecule has 0 fully saturated rings. The van der Waals surface area contributed by atoms with Gasteiger partial charge in [-0.25, -0.2) is 0 Å². The number of halogens is 1. The van der Waals surface area contributed by atoms with E-state index in [0.29, 0.717) is 31.3 Å². The number of benzene rings is 2. The third-order valence-corrected chi connectivity index (χ3v) is 4.36. The van der Waals surface area contributed by atoms with Gasteiger partial charge in [-0.3, -0.25) is 4.79 Å². The summed E-state index contributed by atoms with van der Waals surface area (Å²) in [7, 11) is 1.61. The second-order valence-electron chi connectivity index (χ2n) is 5.90. The van der Waals surface area contributed by atoms with Crippen LogP contribution in [0.5, 0.6) is 11.5 Å². The SMILES string of the molecule is COc1ccc(-c2noc(CCC(=O)NCCOc3cccc(Br)c3)n2)cc1. The second kappa shape index (κ2) is 9.89. The molecule has 3 rings (SSSR count). The standard InChI is InChI=1S/C20H20BrN3O4/c1-26-16-7-5-14(6-8-16)20-23-19(28-24-20)10-9-18(25)22-11-12-27-17-4-2-3-15(21)13-17/h2-8,13H,9-12H2,1H3,(H,22,25). The van der Waals surface area contributed by atoms with Crippen LogP contribution in [0.1, 0.15) is 12.3 Å². The molecule has 1 aromatic heterocycles. The van der Waals surface area contributed by atoms with E-state index in [1.165, 1.54) is 0 Å². The van der Waals surface area contributed by atoms with Crippen LogP contribution in [0.2, 0.25) is 0 Å². The maximum Gasteiger partial charge on any atom is 0.227 e. The van der Waals surface area contributed by atoms with Gasteiger partial charge in [0, 0.05) is 22.9 Å². The molecule has 2 aromatic carbocycles. The maximum absolute atomic E-state index is 12.0. The van der Waals surface area contributed by atoms with Crippen LogP contribution in [-0.4, -0.2) is 36.3 Å². The highest BCUT2D eigenvalue weighted by atomic mass is 79.9. The Hall–Kier alpha value is -2.87. The Morgan fingerprint density at radius 3 is 2.75 bits per heavy atom. The summed E-state index contributed by atoms with van der Waals surface area (Å²) >= 11 is 3.38. The molecule has 28 heavy (non-hydrogen) atoms. The van der Waals surface area contributed by atoms with Crippen molar-refractivity contribution in [3.05, 3.63) is 58.9 Å². The molecule has 0 saturated carbocycles. The first-order valence-corrected chi connectivity index (χ1v) is 9.55. The summed E-state index contributed by atoms with van der Waals surface area (Å²) in [6.45, 7) is 0.816. The number of rotatable bonds is 9. The molecule has 146 valence electrons. The predicted molar refractivity (Wildman–Crippen MR) is 107 cm³/mol. The zero-order chi connectivity index (χ0) is 19.8. The van der Waals surface area contributed by atoms with E-state index < -0.39 is 0 Å². The topological polar surface area (TPSA) is 86.5 Å². The molecule has 7 nitrogen and oxygen atoms in total. The van der Waals surface area contributed by atoms with E-state index >= 15 is 0 Å². The molecule has 8 heteroatoms. The van der Waals surface area contributed by atoms with Gasteiger partial charge < -0.3 is 19.3 Å². The van der Waals surface area contributed by atoms with E-state index in [0.717, 1.165) is 21.5 Å². The highest BCUT2D eigenvalue weighted by molar-refractivity contribution is 9.10. The van der Waals surface area contributed by atoms with Gasteiger partial charge in [-0.1, -0.05) is 27.2 Å². The van der Waals surface area contributed by atoms with Crippen LogP contribution >= 0.6 is 15.9 Å². The van der Waals surface area contributed by atoms with E-state index in [-0.39, 0.29) is 12.3 Å². The molecule has 0 radical (unpaired) electrons. The maximum atomic E-state index is 12.0. The highest BCUT2D eigenvalue weighted by Gasteiger charge is 2.11. The fourth-order valence-corrected chi connectivity index (χ4v) is 2.82. The van der Waals surface area contributed by atoms with Gasteiger partial charge in [-0.15, -0.1) is 0 Å². The summed E-state index contributed by atoms with van der Waals surface area (Å²) in [6.07, 6.45) is 0.641. The van der Waals surface area contributed by atoms with Crippen molar-refractivity contribution in [1.82, 2.24) is 15.5 Å². The molecule has 1 N–H and O–H groups in total. The lowest BCUT2D eigenvalue weighted by Gasteiger charge is -2.07. The lowest BCUT2D eigenvalue weighted by atomic mass is 10.2. The highest BCUT2D eigenvalue weighted by Crippen LogP contribution is 2.20. The zero-order valence-corrected chi connectivity index (χ0v) is 16.9. The first kappa shape index (κ1) is 19.9. The van der Waals surface area contributed by atoms with Crippen LogP contribution in [0.15, 0.2) is 57.5 Å². The smallest absolute Gasteiger partial charge is 0.227 e. The van der Waals surface area contributed by atoms with Crippen LogP contribution in [0, 0.1) is 0 Å². The molecular formula is C20H20BrN3O4. The molecule has 0 aliphatic carbocycles. The Morgan fingerprint density at radius 2 is 2.00 bits per heavy atom. The van der Waals surface area contributed by atoms with Crippen LogP contribution in [0.25, 0.3) is 11.4 Å². The Bertz CT molecular complexity index is 912. The van der Waals surface area contributed by atoms with Crippen molar-refractivity contribution < 1.29 is 18.8 Å². The molecule has 1 amide bonds. The quantitative estimate of drug-likeness (QED) is 0.506. The zero-order valence-electron chi connectivity index (χ0n) is 15.4. The third-order valence-electron chi connectivity index (χ3n) is 3.87. The first-order valence-electron chi connectivity index (χ1n) is 8.76. The number of amides is 1. The summed E-state index contributed by atoms with van der Waals surface area (Å²) in [5.74, 6) is 2.32. The lowest BCUT2D eigenvalue weighted by Crippen LogP contribution is -2.28. The minimum Gasteiger partial charge on any atom is -0.497 e. The van der Waals surface area contributed by atoms with Crippen molar-refractivity contribution in [2.45, 2.75) is 12.8 Å². The normalized spacial score (nSPS) is 10.5. The first-order chi connectivity index (χ1) is 13.6. The minimum atomic E-state index is -0.0953. The van der Waals surface area contributed by atoms with E-state index in [4.69, 9.17) is 14.0 Å². The average molecular weight is 446 g/mol. The Balaban J connectivity index is 1.39. The van der Waals surface area contributed by atoms with Crippen molar-refractivity contribution >= 4 is 21.8 Å². The molecule has 0 atom stereocenters. The lowest BCUT2D eigenvalue weighted by molar-refractivity contribution is -0.121. The molecule has 0 bridgehead atoms. The van der Waals surface area contributed by atoms with Crippen LogP contribution in [0.4, 0.5) is 0 Å². The molecule has 3 aromatic rings. The number of nitrogens with zero attached hydrogens (tertiary/aromatic N) is 2. The van der Waals surface area contributed by atoms with Crippen LogP contribution in [0.3, 0.4) is 0 Å². The molecule has 0 aliphatic rings. The second-order valence-corrected chi connectivity index (χ2v) is 6.81. The van der Waals surface area contributed by atoms with Crippen molar-refractivity contribution in [1.29, 1.82) is 0 Å². The Kier molecular flexibility index (Phi) is 7.02.